The molecular formula is C19H22N2O3S. The van der Waals surface area contributed by atoms with Gasteiger partial charge in [-0.05, 0) is 49.6 Å². The second-order valence-corrected chi connectivity index (χ2v) is 8.14. The Morgan fingerprint density at radius 1 is 1.08 bits per heavy atom. The molecule has 0 aromatic heterocycles. The summed E-state index contributed by atoms with van der Waals surface area (Å²) < 4.78 is 27.0. The van der Waals surface area contributed by atoms with Crippen LogP contribution in [0.1, 0.15) is 41.7 Å². The highest BCUT2D eigenvalue weighted by Crippen LogP contribution is 2.23. The fourth-order valence-corrected chi connectivity index (χ4v) is 3.90. The smallest absolute Gasteiger partial charge is 0.254 e. The SMILES string of the molecule is CC(c1ccccc1)N(C)C(=O)c1ccc(S(=O)(=O)NC2CC2)cc1. The molecule has 25 heavy (non-hydrogen) atoms. The number of hydrogen-bond donors (Lipinski definition) is 1. The number of carbonyl (C=O) groups is 1. The van der Waals surface area contributed by atoms with E-state index in [2.05, 4.69) is 4.72 Å². The molecule has 1 aliphatic carbocycles. The van der Waals surface area contributed by atoms with Crippen molar-refractivity contribution in [3.63, 3.8) is 0 Å². The molecule has 1 aliphatic rings. The summed E-state index contributed by atoms with van der Waals surface area (Å²) in [6, 6.07) is 15.9. The molecular weight excluding hydrogens is 336 g/mol. The van der Waals surface area contributed by atoms with Crippen molar-refractivity contribution in [3.05, 3.63) is 65.7 Å². The van der Waals surface area contributed by atoms with Crippen LogP contribution in [0.25, 0.3) is 0 Å². The number of nitrogens with one attached hydrogen (secondary N) is 1. The van der Waals surface area contributed by atoms with Gasteiger partial charge in [0.2, 0.25) is 10.0 Å². The van der Waals surface area contributed by atoms with E-state index in [-0.39, 0.29) is 22.9 Å². The molecule has 132 valence electrons. The molecule has 1 saturated carbocycles. The van der Waals surface area contributed by atoms with Gasteiger partial charge in [-0.25, -0.2) is 13.1 Å². The predicted molar refractivity (Wildman–Crippen MR) is 96.7 cm³/mol. The van der Waals surface area contributed by atoms with E-state index in [4.69, 9.17) is 0 Å². The first-order chi connectivity index (χ1) is 11.9. The molecule has 0 heterocycles. The third kappa shape index (κ3) is 4.08. The van der Waals surface area contributed by atoms with Crippen LogP contribution in [0.2, 0.25) is 0 Å². The molecule has 3 rings (SSSR count). The first-order valence-electron chi connectivity index (χ1n) is 8.33. The maximum atomic E-state index is 12.7. The summed E-state index contributed by atoms with van der Waals surface area (Å²) in [5.41, 5.74) is 1.52. The highest BCUT2D eigenvalue weighted by atomic mass is 32.2. The first-order valence-corrected chi connectivity index (χ1v) is 9.81. The number of carbonyl (C=O) groups excluding carboxylic acids is 1. The minimum atomic E-state index is -3.49. The second-order valence-electron chi connectivity index (χ2n) is 6.42. The van der Waals surface area contributed by atoms with Gasteiger partial charge in [-0.2, -0.15) is 0 Å². The quantitative estimate of drug-likeness (QED) is 0.863. The van der Waals surface area contributed by atoms with Crippen molar-refractivity contribution in [2.24, 2.45) is 0 Å². The zero-order valence-electron chi connectivity index (χ0n) is 14.3. The minimum Gasteiger partial charge on any atom is -0.335 e. The lowest BCUT2D eigenvalue weighted by molar-refractivity contribution is 0.0742. The van der Waals surface area contributed by atoms with Crippen molar-refractivity contribution in [1.29, 1.82) is 0 Å². The molecule has 1 unspecified atom stereocenters. The van der Waals surface area contributed by atoms with Crippen LogP contribution in [0.3, 0.4) is 0 Å². The summed E-state index contributed by atoms with van der Waals surface area (Å²) in [6.45, 7) is 1.96. The van der Waals surface area contributed by atoms with Crippen LogP contribution in [-0.4, -0.2) is 32.3 Å². The number of benzene rings is 2. The van der Waals surface area contributed by atoms with Crippen molar-refractivity contribution in [1.82, 2.24) is 9.62 Å². The number of rotatable bonds is 6. The van der Waals surface area contributed by atoms with Gasteiger partial charge in [0.05, 0.1) is 10.9 Å². The number of nitrogens with zero attached hydrogens (tertiary/aromatic N) is 1. The van der Waals surface area contributed by atoms with E-state index >= 15 is 0 Å². The molecule has 0 aliphatic heterocycles. The van der Waals surface area contributed by atoms with E-state index < -0.39 is 10.0 Å². The summed E-state index contributed by atoms with van der Waals surface area (Å²) >= 11 is 0. The third-order valence-electron chi connectivity index (χ3n) is 4.49. The molecule has 6 heteroatoms. The molecule has 1 fully saturated rings. The van der Waals surface area contributed by atoms with Crippen LogP contribution >= 0.6 is 0 Å². The summed E-state index contributed by atoms with van der Waals surface area (Å²) in [4.78, 5) is 14.5. The van der Waals surface area contributed by atoms with Crippen LogP contribution in [0.5, 0.6) is 0 Å². The third-order valence-corrected chi connectivity index (χ3v) is 6.03. The van der Waals surface area contributed by atoms with Crippen LogP contribution in [-0.2, 0) is 10.0 Å². The Kier molecular flexibility index (Phi) is 4.92. The zero-order chi connectivity index (χ0) is 18.0. The molecule has 1 N–H and O–H groups in total. The lowest BCUT2D eigenvalue weighted by Gasteiger charge is -2.25. The minimum absolute atomic E-state index is 0.0594. The largest absolute Gasteiger partial charge is 0.335 e. The Labute approximate surface area is 148 Å². The molecule has 0 radical (unpaired) electrons. The van der Waals surface area contributed by atoms with Crippen molar-refractivity contribution in [3.8, 4) is 0 Å². The van der Waals surface area contributed by atoms with Crippen LogP contribution < -0.4 is 4.72 Å². The Balaban J connectivity index is 1.74. The molecule has 0 saturated heterocycles. The highest BCUT2D eigenvalue weighted by Gasteiger charge is 2.28. The fourth-order valence-electron chi connectivity index (χ4n) is 2.60. The summed E-state index contributed by atoms with van der Waals surface area (Å²) in [6.07, 6.45) is 1.77. The van der Waals surface area contributed by atoms with Gasteiger partial charge < -0.3 is 4.90 Å². The van der Waals surface area contributed by atoms with Crippen molar-refractivity contribution >= 4 is 15.9 Å². The molecule has 5 nitrogen and oxygen atoms in total. The van der Waals surface area contributed by atoms with E-state index in [0.29, 0.717) is 5.56 Å². The van der Waals surface area contributed by atoms with Gasteiger partial charge >= 0.3 is 0 Å². The maximum Gasteiger partial charge on any atom is 0.254 e. The number of hydrogen-bond acceptors (Lipinski definition) is 3. The standard InChI is InChI=1S/C19H22N2O3S/c1-14(15-6-4-3-5-7-15)21(2)19(22)16-8-12-18(13-9-16)25(23,24)20-17-10-11-17/h3-9,12-14,17,20H,10-11H2,1-2H3. The fraction of sp³-hybridized carbons (Fsp3) is 0.316. The monoisotopic (exact) mass is 358 g/mol. The lowest BCUT2D eigenvalue weighted by Crippen LogP contribution is -2.30. The van der Waals surface area contributed by atoms with Crippen molar-refractivity contribution in [2.45, 2.75) is 36.7 Å². The average molecular weight is 358 g/mol. The Hall–Kier alpha value is -2.18. The predicted octanol–water partition coefficient (Wildman–Crippen LogP) is 2.96. The van der Waals surface area contributed by atoms with Crippen molar-refractivity contribution < 1.29 is 13.2 Å². The lowest BCUT2D eigenvalue weighted by atomic mass is 10.1. The van der Waals surface area contributed by atoms with Gasteiger partial charge in [0.25, 0.3) is 5.91 Å². The Morgan fingerprint density at radius 2 is 1.68 bits per heavy atom. The number of sulfonamides is 1. The summed E-state index contributed by atoms with van der Waals surface area (Å²) in [5.74, 6) is -0.143. The van der Waals surface area contributed by atoms with E-state index in [0.717, 1.165) is 18.4 Å². The first kappa shape index (κ1) is 17.6. The second kappa shape index (κ2) is 6.98. The van der Waals surface area contributed by atoms with E-state index in [1.165, 1.54) is 12.1 Å². The van der Waals surface area contributed by atoms with Crippen LogP contribution in [0, 0.1) is 0 Å². The van der Waals surface area contributed by atoms with Crippen LogP contribution in [0.15, 0.2) is 59.5 Å². The molecule has 1 amide bonds. The molecule has 0 spiro atoms. The van der Waals surface area contributed by atoms with E-state index in [9.17, 15) is 13.2 Å². The van der Waals surface area contributed by atoms with E-state index in [1.807, 2.05) is 37.3 Å². The highest BCUT2D eigenvalue weighted by molar-refractivity contribution is 7.89. The van der Waals surface area contributed by atoms with Crippen LogP contribution in [0.4, 0.5) is 0 Å². The van der Waals surface area contributed by atoms with Gasteiger partial charge in [-0.3, -0.25) is 4.79 Å². The zero-order valence-corrected chi connectivity index (χ0v) is 15.2. The summed E-state index contributed by atoms with van der Waals surface area (Å²) in [7, 11) is -1.74. The van der Waals surface area contributed by atoms with Gasteiger partial charge in [0.15, 0.2) is 0 Å². The Bertz CT molecular complexity index is 844. The normalized spacial score (nSPS) is 15.6. The van der Waals surface area contributed by atoms with Gasteiger partial charge in [-0.15, -0.1) is 0 Å². The topological polar surface area (TPSA) is 66.5 Å². The van der Waals surface area contributed by atoms with Gasteiger partial charge in [0, 0.05) is 18.7 Å². The van der Waals surface area contributed by atoms with Crippen molar-refractivity contribution in [2.75, 3.05) is 7.05 Å². The molecule has 1 atom stereocenters. The average Bonchev–Trinajstić information content (AvgIpc) is 3.44. The Morgan fingerprint density at radius 3 is 2.24 bits per heavy atom. The molecule has 0 bridgehead atoms. The van der Waals surface area contributed by atoms with Gasteiger partial charge in [-0.1, -0.05) is 30.3 Å². The maximum absolute atomic E-state index is 12.7. The molecule has 2 aromatic carbocycles. The van der Waals surface area contributed by atoms with E-state index in [1.54, 1.807) is 24.1 Å². The number of amides is 1. The van der Waals surface area contributed by atoms with Gasteiger partial charge in [0.1, 0.15) is 0 Å². The summed E-state index contributed by atoms with van der Waals surface area (Å²) in [5, 5.41) is 0. The molecule has 2 aromatic rings.